The number of anilines is 2. The fourth-order valence-electron chi connectivity index (χ4n) is 3.59. The molecule has 8 nitrogen and oxygen atoms in total. The van der Waals surface area contributed by atoms with Crippen molar-refractivity contribution in [2.24, 2.45) is 0 Å². The highest BCUT2D eigenvalue weighted by Gasteiger charge is 2.23. The van der Waals surface area contributed by atoms with Crippen LogP contribution in [0.2, 0.25) is 5.02 Å². The molecule has 0 atom stereocenters. The van der Waals surface area contributed by atoms with Crippen LogP contribution in [0.4, 0.5) is 11.4 Å². The fourth-order valence-corrected chi connectivity index (χ4v) is 3.80. The van der Waals surface area contributed by atoms with Crippen molar-refractivity contribution in [3.05, 3.63) is 51.6 Å². The van der Waals surface area contributed by atoms with Crippen LogP contribution in [-0.4, -0.2) is 29.3 Å². The molecule has 0 radical (unpaired) electrons. The zero-order valence-electron chi connectivity index (χ0n) is 16.1. The Hall–Kier alpha value is -3.26. The van der Waals surface area contributed by atoms with Crippen molar-refractivity contribution in [3.8, 4) is 11.5 Å². The Morgan fingerprint density at radius 3 is 2.77 bits per heavy atom. The van der Waals surface area contributed by atoms with Crippen molar-refractivity contribution in [2.45, 2.75) is 31.8 Å². The van der Waals surface area contributed by atoms with Crippen molar-refractivity contribution >= 4 is 39.9 Å². The lowest BCUT2D eigenvalue weighted by molar-refractivity contribution is 0.0697. The SMILES string of the molecule is COc1ccc2c(Nc3c(Cl)cncc3C(=O)O)cc(=O)oc2c1OC1CCCC1. The lowest BCUT2D eigenvalue weighted by atomic mass is 10.1. The molecule has 156 valence electrons. The zero-order chi connectivity index (χ0) is 21.3. The molecule has 2 heterocycles. The first-order valence-electron chi connectivity index (χ1n) is 9.43. The molecule has 1 aliphatic carbocycles. The third-order valence-corrected chi connectivity index (χ3v) is 5.31. The number of ether oxygens (including phenoxy) is 2. The topological polar surface area (TPSA) is 111 Å². The second-order valence-corrected chi connectivity index (χ2v) is 7.36. The first-order chi connectivity index (χ1) is 14.5. The Bertz CT molecular complexity index is 1170. The van der Waals surface area contributed by atoms with Gasteiger partial charge in [0.1, 0.15) is 5.56 Å². The molecule has 0 aliphatic heterocycles. The number of nitrogens with zero attached hydrogens (tertiary/aromatic N) is 1. The minimum absolute atomic E-state index is 0.0136. The van der Waals surface area contributed by atoms with Gasteiger partial charge in [-0.2, -0.15) is 0 Å². The number of nitrogens with one attached hydrogen (secondary N) is 1. The number of aromatic nitrogens is 1. The van der Waals surface area contributed by atoms with Crippen molar-refractivity contribution in [1.82, 2.24) is 4.98 Å². The maximum atomic E-state index is 12.3. The summed E-state index contributed by atoms with van der Waals surface area (Å²) in [7, 11) is 1.51. The summed E-state index contributed by atoms with van der Waals surface area (Å²) in [4.78, 5) is 27.7. The van der Waals surface area contributed by atoms with Gasteiger partial charge in [-0.1, -0.05) is 11.6 Å². The summed E-state index contributed by atoms with van der Waals surface area (Å²) < 4.78 is 17.0. The molecule has 1 saturated carbocycles. The van der Waals surface area contributed by atoms with Crippen LogP contribution in [-0.2, 0) is 0 Å². The van der Waals surface area contributed by atoms with E-state index >= 15 is 0 Å². The predicted molar refractivity (Wildman–Crippen MR) is 111 cm³/mol. The Balaban J connectivity index is 1.86. The van der Waals surface area contributed by atoms with Crippen molar-refractivity contribution < 1.29 is 23.8 Å². The number of carbonyl (C=O) groups is 1. The van der Waals surface area contributed by atoms with Gasteiger partial charge in [0.25, 0.3) is 0 Å². The largest absolute Gasteiger partial charge is 0.493 e. The first kappa shape index (κ1) is 20.0. The summed E-state index contributed by atoms with van der Waals surface area (Å²) in [6.07, 6.45) is 6.50. The monoisotopic (exact) mass is 430 g/mol. The van der Waals surface area contributed by atoms with Crippen LogP contribution < -0.4 is 20.4 Å². The number of carboxylic acid groups (broad SMARTS) is 1. The van der Waals surface area contributed by atoms with E-state index in [-0.39, 0.29) is 28.0 Å². The normalized spacial score (nSPS) is 14.1. The molecule has 2 aromatic heterocycles. The van der Waals surface area contributed by atoms with Crippen LogP contribution in [0.5, 0.6) is 11.5 Å². The average Bonchev–Trinajstić information content (AvgIpc) is 3.23. The standard InChI is InChI=1S/C21H19ClN2O6/c1-28-16-7-6-12-15(24-18-13(21(26)27)9-23-10-14(18)22)8-17(25)30-19(12)20(16)29-11-4-2-3-5-11/h6-11H,2-5H2,1H3,(H,23,24)(H,26,27). The summed E-state index contributed by atoms with van der Waals surface area (Å²) in [5, 5.41) is 13.0. The van der Waals surface area contributed by atoms with Gasteiger partial charge in [0.15, 0.2) is 11.3 Å². The molecule has 1 aromatic carbocycles. The van der Waals surface area contributed by atoms with Crippen LogP contribution in [0.3, 0.4) is 0 Å². The maximum absolute atomic E-state index is 12.3. The van der Waals surface area contributed by atoms with Crippen LogP contribution >= 0.6 is 11.6 Å². The highest BCUT2D eigenvalue weighted by atomic mass is 35.5. The number of rotatable bonds is 6. The number of halogens is 1. The van der Waals surface area contributed by atoms with Gasteiger partial charge in [-0.25, -0.2) is 9.59 Å². The molecule has 1 fully saturated rings. The molecular formula is C21H19ClN2O6. The number of hydrogen-bond donors (Lipinski definition) is 2. The number of methoxy groups -OCH3 is 1. The quantitative estimate of drug-likeness (QED) is 0.545. The molecule has 0 spiro atoms. The molecule has 4 rings (SSSR count). The van der Waals surface area contributed by atoms with Gasteiger partial charge in [0, 0.05) is 23.8 Å². The second kappa shape index (κ2) is 8.23. The van der Waals surface area contributed by atoms with Gasteiger partial charge >= 0.3 is 11.6 Å². The third-order valence-electron chi connectivity index (χ3n) is 5.03. The molecule has 0 unspecified atom stereocenters. The highest BCUT2D eigenvalue weighted by Crippen LogP contribution is 2.41. The first-order valence-corrected chi connectivity index (χ1v) is 9.81. The summed E-state index contributed by atoms with van der Waals surface area (Å²) in [6.45, 7) is 0. The van der Waals surface area contributed by atoms with E-state index in [0.29, 0.717) is 22.6 Å². The lowest BCUT2D eigenvalue weighted by Gasteiger charge is -2.18. The van der Waals surface area contributed by atoms with E-state index in [9.17, 15) is 14.7 Å². The minimum Gasteiger partial charge on any atom is -0.493 e. The lowest BCUT2D eigenvalue weighted by Crippen LogP contribution is -2.13. The summed E-state index contributed by atoms with van der Waals surface area (Å²) in [6, 6.07) is 4.65. The molecule has 0 bridgehead atoms. The Labute approximate surface area is 176 Å². The van der Waals surface area contributed by atoms with E-state index in [1.54, 1.807) is 12.1 Å². The predicted octanol–water partition coefficient (Wildman–Crippen LogP) is 4.61. The van der Waals surface area contributed by atoms with Crippen molar-refractivity contribution in [1.29, 1.82) is 0 Å². The van der Waals surface area contributed by atoms with Gasteiger partial charge in [0.05, 0.1) is 29.6 Å². The van der Waals surface area contributed by atoms with Crippen LogP contribution in [0.15, 0.2) is 39.8 Å². The zero-order valence-corrected chi connectivity index (χ0v) is 16.9. The molecule has 30 heavy (non-hydrogen) atoms. The van der Waals surface area contributed by atoms with E-state index < -0.39 is 11.6 Å². The maximum Gasteiger partial charge on any atom is 0.339 e. The van der Waals surface area contributed by atoms with Crippen molar-refractivity contribution in [3.63, 3.8) is 0 Å². The number of benzene rings is 1. The molecule has 9 heteroatoms. The van der Waals surface area contributed by atoms with Gasteiger partial charge in [-0.3, -0.25) is 4.98 Å². The van der Waals surface area contributed by atoms with E-state index in [2.05, 4.69) is 10.3 Å². The smallest absolute Gasteiger partial charge is 0.339 e. The molecule has 3 aromatic rings. The van der Waals surface area contributed by atoms with Gasteiger partial charge < -0.3 is 24.3 Å². The fraction of sp³-hybridized carbons (Fsp3) is 0.286. The van der Waals surface area contributed by atoms with E-state index in [1.807, 2.05) is 0 Å². The third kappa shape index (κ3) is 3.78. The van der Waals surface area contributed by atoms with Crippen molar-refractivity contribution in [2.75, 3.05) is 12.4 Å². The highest BCUT2D eigenvalue weighted by molar-refractivity contribution is 6.34. The molecule has 0 saturated heterocycles. The van der Waals surface area contributed by atoms with Gasteiger partial charge in [0.2, 0.25) is 5.75 Å². The second-order valence-electron chi connectivity index (χ2n) is 6.95. The van der Waals surface area contributed by atoms with Gasteiger partial charge in [-0.15, -0.1) is 0 Å². The molecule has 2 N–H and O–H groups in total. The molecular weight excluding hydrogens is 412 g/mol. The number of hydrogen-bond acceptors (Lipinski definition) is 7. The molecule has 1 aliphatic rings. The summed E-state index contributed by atoms with van der Waals surface area (Å²) in [5.41, 5.74) is -0.0781. The minimum atomic E-state index is -1.20. The van der Waals surface area contributed by atoms with E-state index in [1.165, 1.54) is 25.6 Å². The summed E-state index contributed by atoms with van der Waals surface area (Å²) >= 11 is 6.17. The van der Waals surface area contributed by atoms with Gasteiger partial charge in [-0.05, 0) is 37.8 Å². The number of carboxylic acids is 1. The van der Waals surface area contributed by atoms with Crippen LogP contribution in [0.25, 0.3) is 11.0 Å². The number of aromatic carboxylic acids is 1. The Morgan fingerprint density at radius 1 is 1.30 bits per heavy atom. The Morgan fingerprint density at radius 2 is 2.07 bits per heavy atom. The van der Waals surface area contributed by atoms with Crippen LogP contribution in [0.1, 0.15) is 36.0 Å². The van der Waals surface area contributed by atoms with E-state index in [0.717, 1.165) is 25.7 Å². The number of fused-ring (bicyclic) bond motifs is 1. The van der Waals surface area contributed by atoms with Crippen LogP contribution in [0, 0.1) is 0 Å². The number of pyridine rings is 1. The average molecular weight is 431 g/mol. The van der Waals surface area contributed by atoms with E-state index in [4.69, 9.17) is 25.5 Å². The Kier molecular flexibility index (Phi) is 5.50. The molecule has 0 amide bonds. The summed E-state index contributed by atoms with van der Waals surface area (Å²) in [5.74, 6) is -0.406.